The van der Waals surface area contributed by atoms with Gasteiger partial charge in [-0.25, -0.2) is 10.8 Å². The molecule has 0 aliphatic carbocycles. The molecule has 1 atom stereocenters. The molecular formula is C13H22N6O2. The summed E-state index contributed by atoms with van der Waals surface area (Å²) in [4.78, 5) is 21.3. The molecule has 0 bridgehead atoms. The van der Waals surface area contributed by atoms with Crippen LogP contribution in [0.4, 0.5) is 17.5 Å². The summed E-state index contributed by atoms with van der Waals surface area (Å²) in [6.07, 6.45) is 5.26. The predicted octanol–water partition coefficient (Wildman–Crippen LogP) is 2.14. The number of nitrogens with zero attached hydrogens (tertiary/aromatic N) is 4. The van der Waals surface area contributed by atoms with E-state index < -0.39 is 4.92 Å². The van der Waals surface area contributed by atoms with Crippen LogP contribution < -0.4 is 16.2 Å². The van der Waals surface area contributed by atoms with Crippen LogP contribution in [0.25, 0.3) is 0 Å². The highest BCUT2D eigenvalue weighted by Gasteiger charge is 2.31. The number of nitro groups is 1. The van der Waals surface area contributed by atoms with Crippen LogP contribution in [-0.4, -0.2) is 27.5 Å². The van der Waals surface area contributed by atoms with Crippen LogP contribution in [0.1, 0.15) is 44.7 Å². The first-order valence-electron chi connectivity index (χ1n) is 7.34. The summed E-state index contributed by atoms with van der Waals surface area (Å²) in [5.74, 6) is 5.98. The Morgan fingerprint density at radius 2 is 2.24 bits per heavy atom. The van der Waals surface area contributed by atoms with Crippen molar-refractivity contribution in [1.82, 2.24) is 9.97 Å². The standard InChI is InChI=1S/C13H22N6O2/c1-3-6-10-7-4-5-8-18(10)12-11(19(20)21)9(2)15-13(16-12)17-14/h10H,3-8,14H2,1-2H3,(H,15,16,17). The average molecular weight is 294 g/mol. The molecule has 8 nitrogen and oxygen atoms in total. The molecule has 0 radical (unpaired) electrons. The first-order chi connectivity index (χ1) is 10.1. The Morgan fingerprint density at radius 1 is 1.48 bits per heavy atom. The molecule has 1 aromatic heterocycles. The molecule has 0 amide bonds. The van der Waals surface area contributed by atoms with E-state index in [1.54, 1.807) is 6.92 Å². The Labute approximate surface area is 123 Å². The second-order valence-corrected chi connectivity index (χ2v) is 5.34. The number of nitrogens with two attached hydrogens (primary N) is 1. The number of hydrazine groups is 1. The monoisotopic (exact) mass is 294 g/mol. The van der Waals surface area contributed by atoms with Gasteiger partial charge in [-0.1, -0.05) is 13.3 Å². The summed E-state index contributed by atoms with van der Waals surface area (Å²) in [7, 11) is 0. The van der Waals surface area contributed by atoms with E-state index in [2.05, 4.69) is 27.2 Å². The second-order valence-electron chi connectivity index (χ2n) is 5.34. The van der Waals surface area contributed by atoms with E-state index in [1.165, 1.54) is 0 Å². The Balaban J connectivity index is 2.48. The lowest BCUT2D eigenvalue weighted by atomic mass is 9.98. The molecule has 0 saturated carbocycles. The van der Waals surface area contributed by atoms with Gasteiger partial charge in [0.1, 0.15) is 5.69 Å². The van der Waals surface area contributed by atoms with E-state index in [1.807, 2.05) is 0 Å². The quantitative estimate of drug-likeness (QED) is 0.486. The molecule has 21 heavy (non-hydrogen) atoms. The fourth-order valence-electron chi connectivity index (χ4n) is 2.94. The van der Waals surface area contributed by atoms with E-state index in [-0.39, 0.29) is 11.6 Å². The molecule has 1 aliphatic rings. The van der Waals surface area contributed by atoms with Gasteiger partial charge in [0.15, 0.2) is 0 Å². The maximum absolute atomic E-state index is 11.4. The molecule has 0 aromatic carbocycles. The fraction of sp³-hybridized carbons (Fsp3) is 0.692. The van der Waals surface area contributed by atoms with E-state index in [4.69, 9.17) is 5.84 Å². The minimum Gasteiger partial charge on any atom is -0.348 e. The van der Waals surface area contributed by atoms with Crippen LogP contribution in [0.5, 0.6) is 0 Å². The van der Waals surface area contributed by atoms with Gasteiger partial charge in [-0.3, -0.25) is 15.5 Å². The highest BCUT2D eigenvalue weighted by molar-refractivity contribution is 5.63. The van der Waals surface area contributed by atoms with Crippen molar-refractivity contribution in [3.8, 4) is 0 Å². The zero-order chi connectivity index (χ0) is 15.4. The Bertz CT molecular complexity index is 520. The van der Waals surface area contributed by atoms with Crippen LogP contribution in [0.2, 0.25) is 0 Å². The Kier molecular flexibility index (Phi) is 4.89. The number of aromatic nitrogens is 2. The second kappa shape index (κ2) is 6.66. The molecule has 1 aromatic rings. The third-order valence-electron chi connectivity index (χ3n) is 3.87. The van der Waals surface area contributed by atoms with Crippen LogP contribution in [0, 0.1) is 17.0 Å². The molecule has 1 saturated heterocycles. The fourth-order valence-corrected chi connectivity index (χ4v) is 2.94. The van der Waals surface area contributed by atoms with Crippen molar-refractivity contribution in [2.24, 2.45) is 5.84 Å². The number of nitrogen functional groups attached to an aromatic ring is 1. The van der Waals surface area contributed by atoms with Crippen molar-refractivity contribution < 1.29 is 4.92 Å². The minimum atomic E-state index is -0.400. The third-order valence-corrected chi connectivity index (χ3v) is 3.87. The molecule has 1 aliphatic heterocycles. The van der Waals surface area contributed by atoms with Gasteiger partial charge < -0.3 is 4.90 Å². The molecular weight excluding hydrogens is 272 g/mol. The summed E-state index contributed by atoms with van der Waals surface area (Å²) >= 11 is 0. The smallest absolute Gasteiger partial charge is 0.332 e. The average Bonchev–Trinajstić information content (AvgIpc) is 2.46. The summed E-state index contributed by atoms with van der Waals surface area (Å²) in [5.41, 5.74) is 2.70. The van der Waals surface area contributed by atoms with Crippen LogP contribution in [-0.2, 0) is 0 Å². The van der Waals surface area contributed by atoms with Gasteiger partial charge in [0.2, 0.25) is 11.8 Å². The lowest BCUT2D eigenvalue weighted by Crippen LogP contribution is -2.40. The number of hydrogen-bond donors (Lipinski definition) is 2. The lowest BCUT2D eigenvalue weighted by molar-refractivity contribution is -0.385. The van der Waals surface area contributed by atoms with Crippen molar-refractivity contribution in [1.29, 1.82) is 0 Å². The van der Waals surface area contributed by atoms with Crippen molar-refractivity contribution in [2.45, 2.75) is 52.0 Å². The number of piperidine rings is 1. The van der Waals surface area contributed by atoms with Gasteiger partial charge in [-0.2, -0.15) is 4.98 Å². The molecule has 2 heterocycles. The van der Waals surface area contributed by atoms with Crippen molar-refractivity contribution in [2.75, 3.05) is 16.9 Å². The number of aryl methyl sites for hydroxylation is 1. The summed E-state index contributed by atoms with van der Waals surface area (Å²) < 4.78 is 0. The van der Waals surface area contributed by atoms with Gasteiger partial charge in [-0.05, 0) is 32.6 Å². The lowest BCUT2D eigenvalue weighted by Gasteiger charge is -2.36. The number of anilines is 2. The van der Waals surface area contributed by atoms with Gasteiger partial charge in [-0.15, -0.1) is 0 Å². The number of nitrogens with one attached hydrogen (secondary N) is 1. The van der Waals surface area contributed by atoms with E-state index >= 15 is 0 Å². The van der Waals surface area contributed by atoms with E-state index in [0.717, 1.165) is 38.6 Å². The summed E-state index contributed by atoms with van der Waals surface area (Å²) in [6.45, 7) is 4.52. The van der Waals surface area contributed by atoms with Crippen molar-refractivity contribution >= 4 is 17.5 Å². The van der Waals surface area contributed by atoms with Crippen molar-refractivity contribution in [3.05, 3.63) is 15.8 Å². The van der Waals surface area contributed by atoms with Crippen LogP contribution in [0.3, 0.4) is 0 Å². The first kappa shape index (κ1) is 15.4. The van der Waals surface area contributed by atoms with Gasteiger partial charge in [0.05, 0.1) is 4.92 Å². The largest absolute Gasteiger partial charge is 0.348 e. The molecule has 1 fully saturated rings. The van der Waals surface area contributed by atoms with Gasteiger partial charge in [0.25, 0.3) is 0 Å². The maximum Gasteiger partial charge on any atom is 0.332 e. The molecule has 8 heteroatoms. The van der Waals surface area contributed by atoms with Crippen molar-refractivity contribution in [3.63, 3.8) is 0 Å². The SMILES string of the molecule is CCCC1CCCCN1c1nc(NN)nc(C)c1[N+](=O)[O-]. The van der Waals surface area contributed by atoms with Gasteiger partial charge >= 0.3 is 5.69 Å². The topological polar surface area (TPSA) is 110 Å². The molecule has 3 N–H and O–H groups in total. The predicted molar refractivity (Wildman–Crippen MR) is 81.1 cm³/mol. The molecule has 1 unspecified atom stereocenters. The summed E-state index contributed by atoms with van der Waals surface area (Å²) in [6, 6.07) is 0.294. The zero-order valence-corrected chi connectivity index (χ0v) is 12.5. The minimum absolute atomic E-state index is 0.0167. The zero-order valence-electron chi connectivity index (χ0n) is 12.5. The number of hydrogen-bond acceptors (Lipinski definition) is 7. The molecule has 116 valence electrons. The highest BCUT2D eigenvalue weighted by atomic mass is 16.6. The normalized spacial score (nSPS) is 18.6. The molecule has 0 spiro atoms. The van der Waals surface area contributed by atoms with Crippen LogP contribution in [0.15, 0.2) is 0 Å². The van der Waals surface area contributed by atoms with Gasteiger partial charge in [0, 0.05) is 12.6 Å². The number of rotatable bonds is 5. The Hall–Kier alpha value is -1.96. The van der Waals surface area contributed by atoms with Crippen LogP contribution >= 0.6 is 0 Å². The van der Waals surface area contributed by atoms with E-state index in [9.17, 15) is 10.1 Å². The first-order valence-corrected chi connectivity index (χ1v) is 7.34. The third kappa shape index (κ3) is 3.21. The maximum atomic E-state index is 11.4. The summed E-state index contributed by atoms with van der Waals surface area (Å²) in [5, 5.41) is 11.4. The molecule has 2 rings (SSSR count). The van der Waals surface area contributed by atoms with E-state index in [0.29, 0.717) is 17.6 Å². The Morgan fingerprint density at radius 3 is 2.86 bits per heavy atom. The highest BCUT2D eigenvalue weighted by Crippen LogP contribution is 2.34.